The van der Waals surface area contributed by atoms with Crippen LogP contribution in [0.2, 0.25) is 0 Å². The second-order valence-electron chi connectivity index (χ2n) is 4.41. The lowest BCUT2D eigenvalue weighted by Crippen LogP contribution is -2.31. The predicted molar refractivity (Wildman–Crippen MR) is 81.8 cm³/mol. The van der Waals surface area contributed by atoms with Crippen molar-refractivity contribution in [3.05, 3.63) is 48.3 Å². The topological polar surface area (TPSA) is 46.9 Å². The summed E-state index contributed by atoms with van der Waals surface area (Å²) in [7, 11) is 1.67. The molecule has 0 saturated heterocycles. The molecule has 1 aromatic carbocycles. The SMILES string of the molecule is CCn1ccnc1S[C@H](Cc1ccccc1)C(=O)NC. The van der Waals surface area contributed by atoms with E-state index in [9.17, 15) is 4.79 Å². The normalized spacial score (nSPS) is 12.1. The van der Waals surface area contributed by atoms with Crippen molar-refractivity contribution in [1.29, 1.82) is 0 Å². The molecule has 2 aromatic rings. The van der Waals surface area contributed by atoms with Crippen molar-refractivity contribution in [3.8, 4) is 0 Å². The number of amides is 1. The molecule has 1 aromatic heterocycles. The van der Waals surface area contributed by atoms with Gasteiger partial charge in [0.1, 0.15) is 0 Å². The summed E-state index contributed by atoms with van der Waals surface area (Å²) in [6, 6.07) is 10.1. The molecule has 1 atom stereocenters. The molecule has 0 aliphatic carbocycles. The van der Waals surface area contributed by atoms with Gasteiger partial charge in [-0.05, 0) is 18.9 Å². The van der Waals surface area contributed by atoms with Gasteiger partial charge < -0.3 is 9.88 Å². The summed E-state index contributed by atoms with van der Waals surface area (Å²) in [4.78, 5) is 16.4. The quantitative estimate of drug-likeness (QED) is 0.830. The van der Waals surface area contributed by atoms with Gasteiger partial charge in [0.2, 0.25) is 5.91 Å². The van der Waals surface area contributed by atoms with Crippen molar-refractivity contribution < 1.29 is 4.79 Å². The molecule has 20 heavy (non-hydrogen) atoms. The first kappa shape index (κ1) is 14.7. The summed E-state index contributed by atoms with van der Waals surface area (Å²) >= 11 is 1.51. The molecule has 0 saturated carbocycles. The van der Waals surface area contributed by atoms with Gasteiger partial charge in [-0.3, -0.25) is 4.79 Å². The first-order valence-corrected chi connectivity index (χ1v) is 7.56. The Morgan fingerprint density at radius 2 is 2.15 bits per heavy atom. The van der Waals surface area contributed by atoms with Crippen molar-refractivity contribution in [2.75, 3.05) is 7.05 Å². The second kappa shape index (κ2) is 7.14. The molecule has 0 bridgehead atoms. The van der Waals surface area contributed by atoms with Gasteiger partial charge in [0, 0.05) is 26.0 Å². The molecule has 0 aliphatic heterocycles. The van der Waals surface area contributed by atoms with E-state index in [2.05, 4.69) is 17.2 Å². The van der Waals surface area contributed by atoms with Crippen LogP contribution in [0.4, 0.5) is 0 Å². The maximum atomic E-state index is 12.1. The number of aryl methyl sites for hydroxylation is 1. The lowest BCUT2D eigenvalue weighted by Gasteiger charge is -2.15. The number of aromatic nitrogens is 2. The highest BCUT2D eigenvalue weighted by molar-refractivity contribution is 8.00. The van der Waals surface area contributed by atoms with E-state index in [-0.39, 0.29) is 11.2 Å². The van der Waals surface area contributed by atoms with Crippen molar-refractivity contribution in [3.63, 3.8) is 0 Å². The van der Waals surface area contributed by atoms with Gasteiger partial charge in [0.05, 0.1) is 5.25 Å². The molecule has 0 fully saturated rings. The minimum absolute atomic E-state index is 0.0320. The Kier molecular flexibility index (Phi) is 5.24. The number of nitrogens with one attached hydrogen (secondary N) is 1. The molecule has 1 heterocycles. The molecule has 5 heteroatoms. The Morgan fingerprint density at radius 1 is 1.40 bits per heavy atom. The van der Waals surface area contributed by atoms with Crippen LogP contribution < -0.4 is 5.32 Å². The molecular weight excluding hydrogens is 270 g/mol. The zero-order valence-electron chi connectivity index (χ0n) is 11.7. The maximum absolute atomic E-state index is 12.1. The van der Waals surface area contributed by atoms with Crippen molar-refractivity contribution in [2.45, 2.75) is 30.3 Å². The fourth-order valence-corrected chi connectivity index (χ4v) is 3.16. The van der Waals surface area contributed by atoms with Crippen molar-refractivity contribution in [1.82, 2.24) is 14.9 Å². The van der Waals surface area contributed by atoms with Crippen LogP contribution in [0.3, 0.4) is 0 Å². The summed E-state index contributed by atoms with van der Waals surface area (Å²) in [6.07, 6.45) is 4.41. The lowest BCUT2D eigenvalue weighted by molar-refractivity contribution is -0.120. The van der Waals surface area contributed by atoms with E-state index in [0.717, 1.165) is 17.3 Å². The van der Waals surface area contributed by atoms with Gasteiger partial charge in [0.15, 0.2) is 5.16 Å². The van der Waals surface area contributed by atoms with E-state index < -0.39 is 0 Å². The average Bonchev–Trinajstić information content (AvgIpc) is 2.94. The Balaban J connectivity index is 2.14. The highest BCUT2D eigenvalue weighted by Gasteiger charge is 2.21. The van der Waals surface area contributed by atoms with Gasteiger partial charge in [-0.1, -0.05) is 42.1 Å². The molecule has 0 aliphatic rings. The summed E-state index contributed by atoms with van der Waals surface area (Å²) in [5, 5.41) is 3.45. The average molecular weight is 289 g/mol. The highest BCUT2D eigenvalue weighted by Crippen LogP contribution is 2.24. The first-order valence-electron chi connectivity index (χ1n) is 6.68. The minimum Gasteiger partial charge on any atom is -0.358 e. The van der Waals surface area contributed by atoms with Gasteiger partial charge >= 0.3 is 0 Å². The van der Waals surface area contributed by atoms with Crippen LogP contribution in [0.25, 0.3) is 0 Å². The van der Waals surface area contributed by atoms with E-state index in [0.29, 0.717) is 6.42 Å². The Hall–Kier alpha value is -1.75. The number of hydrogen-bond donors (Lipinski definition) is 1. The molecule has 2 rings (SSSR count). The third-order valence-electron chi connectivity index (χ3n) is 3.07. The number of rotatable bonds is 6. The van der Waals surface area contributed by atoms with E-state index in [1.807, 2.05) is 41.1 Å². The Labute approximate surface area is 123 Å². The summed E-state index contributed by atoms with van der Waals surface area (Å²) < 4.78 is 2.05. The van der Waals surface area contributed by atoms with E-state index in [1.54, 1.807) is 13.2 Å². The zero-order valence-corrected chi connectivity index (χ0v) is 12.6. The van der Waals surface area contributed by atoms with Crippen LogP contribution in [0.5, 0.6) is 0 Å². The summed E-state index contributed by atoms with van der Waals surface area (Å²) in [5.41, 5.74) is 1.16. The maximum Gasteiger partial charge on any atom is 0.233 e. The third kappa shape index (κ3) is 3.63. The fourth-order valence-electron chi connectivity index (χ4n) is 1.96. The van der Waals surface area contributed by atoms with Crippen molar-refractivity contribution in [2.24, 2.45) is 0 Å². The fraction of sp³-hybridized carbons (Fsp3) is 0.333. The van der Waals surface area contributed by atoms with E-state index in [1.165, 1.54) is 11.8 Å². The summed E-state index contributed by atoms with van der Waals surface area (Å²) in [6.45, 7) is 2.92. The van der Waals surface area contributed by atoms with Crippen LogP contribution in [0.15, 0.2) is 47.9 Å². The van der Waals surface area contributed by atoms with Crippen LogP contribution in [0, 0.1) is 0 Å². The monoisotopic (exact) mass is 289 g/mol. The summed E-state index contributed by atoms with van der Waals surface area (Å²) in [5.74, 6) is 0.0320. The lowest BCUT2D eigenvalue weighted by atomic mass is 10.1. The highest BCUT2D eigenvalue weighted by atomic mass is 32.2. The third-order valence-corrected chi connectivity index (χ3v) is 4.28. The molecule has 1 amide bonds. The number of imidazole rings is 1. The second-order valence-corrected chi connectivity index (χ2v) is 5.58. The number of hydrogen-bond acceptors (Lipinski definition) is 3. The van der Waals surface area contributed by atoms with Gasteiger partial charge in [-0.25, -0.2) is 4.98 Å². The van der Waals surface area contributed by atoms with E-state index >= 15 is 0 Å². The van der Waals surface area contributed by atoms with Crippen LogP contribution in [0.1, 0.15) is 12.5 Å². The molecule has 1 N–H and O–H groups in total. The van der Waals surface area contributed by atoms with Gasteiger partial charge in [0.25, 0.3) is 0 Å². The van der Waals surface area contributed by atoms with Crippen LogP contribution in [-0.2, 0) is 17.8 Å². The first-order chi connectivity index (χ1) is 9.74. The number of carbonyl (C=O) groups excluding carboxylic acids is 1. The number of carbonyl (C=O) groups is 1. The smallest absolute Gasteiger partial charge is 0.233 e. The molecule has 0 unspecified atom stereocenters. The Morgan fingerprint density at radius 3 is 2.80 bits per heavy atom. The molecule has 106 valence electrons. The molecule has 0 spiro atoms. The Bertz CT molecular complexity index is 553. The molecule has 0 radical (unpaired) electrons. The number of nitrogens with zero attached hydrogens (tertiary/aromatic N) is 2. The van der Waals surface area contributed by atoms with Crippen molar-refractivity contribution >= 4 is 17.7 Å². The minimum atomic E-state index is -0.171. The molecular formula is C15H19N3OS. The van der Waals surface area contributed by atoms with Gasteiger partial charge in [-0.15, -0.1) is 0 Å². The zero-order chi connectivity index (χ0) is 14.4. The van der Waals surface area contributed by atoms with E-state index in [4.69, 9.17) is 0 Å². The predicted octanol–water partition coefficient (Wildman–Crippen LogP) is 2.35. The number of thioether (sulfide) groups is 1. The standard InChI is InChI=1S/C15H19N3OS/c1-3-18-10-9-17-15(18)20-13(14(19)16-2)11-12-7-5-4-6-8-12/h4-10,13H,3,11H2,1-2H3,(H,16,19)/t13-/m1/s1. The van der Waals surface area contributed by atoms with Gasteiger partial charge in [-0.2, -0.15) is 0 Å². The van der Waals surface area contributed by atoms with Crippen LogP contribution in [-0.4, -0.2) is 27.8 Å². The largest absolute Gasteiger partial charge is 0.358 e. The van der Waals surface area contributed by atoms with Crippen LogP contribution >= 0.6 is 11.8 Å². The molecule has 4 nitrogen and oxygen atoms in total. The number of benzene rings is 1.